The van der Waals surface area contributed by atoms with Gasteiger partial charge in [0.05, 0.1) is 12.6 Å². The summed E-state index contributed by atoms with van der Waals surface area (Å²) >= 11 is 0. The molecule has 6 heteroatoms. The van der Waals surface area contributed by atoms with E-state index < -0.39 is 0 Å². The van der Waals surface area contributed by atoms with Crippen molar-refractivity contribution in [3.05, 3.63) is 11.7 Å². The van der Waals surface area contributed by atoms with Crippen molar-refractivity contribution in [1.82, 2.24) is 15.5 Å². The van der Waals surface area contributed by atoms with Gasteiger partial charge in [0.1, 0.15) is 6.10 Å². The maximum Gasteiger partial charge on any atom is 0.257 e. The van der Waals surface area contributed by atoms with E-state index in [2.05, 4.69) is 15.5 Å². The van der Waals surface area contributed by atoms with E-state index in [0.717, 1.165) is 6.54 Å². The zero-order chi connectivity index (χ0) is 9.97. The Hall–Kier alpha value is -0.980. The molecule has 14 heavy (non-hydrogen) atoms. The molecule has 1 saturated heterocycles. The summed E-state index contributed by atoms with van der Waals surface area (Å²) in [5, 5.41) is 6.96. The van der Waals surface area contributed by atoms with Crippen molar-refractivity contribution < 1.29 is 9.26 Å². The second-order valence-corrected chi connectivity index (χ2v) is 3.34. The summed E-state index contributed by atoms with van der Waals surface area (Å²) in [6.45, 7) is 4.06. The molecule has 0 spiro atoms. The number of ether oxygens (including phenoxy) is 1. The third-order valence-corrected chi connectivity index (χ3v) is 2.07. The van der Waals surface area contributed by atoms with Crippen LogP contribution in [0.4, 0.5) is 0 Å². The Morgan fingerprint density at radius 1 is 1.64 bits per heavy atom. The van der Waals surface area contributed by atoms with E-state index in [1.165, 1.54) is 0 Å². The molecule has 1 aliphatic rings. The summed E-state index contributed by atoms with van der Waals surface area (Å²) in [5.41, 5.74) is 5.62. The fraction of sp³-hybridized carbons (Fsp3) is 0.750. The minimum absolute atomic E-state index is 0.135. The van der Waals surface area contributed by atoms with Gasteiger partial charge in [-0.2, -0.15) is 4.98 Å². The van der Waals surface area contributed by atoms with Gasteiger partial charge in [0.2, 0.25) is 0 Å². The second-order valence-electron chi connectivity index (χ2n) is 3.34. The standard InChI is InChI=1S/C8H14N4O2/c1-5(9)7-11-8(14-12-7)6-4-10-2-3-13-6/h5-6,10H,2-4,9H2,1H3. The van der Waals surface area contributed by atoms with Gasteiger partial charge in [-0.15, -0.1) is 0 Å². The SMILES string of the molecule is CC(N)c1noc(C2CNCCO2)n1. The molecule has 0 aromatic carbocycles. The Labute approximate surface area is 81.8 Å². The fourth-order valence-electron chi connectivity index (χ4n) is 1.29. The highest BCUT2D eigenvalue weighted by molar-refractivity contribution is 4.95. The molecule has 1 fully saturated rings. The zero-order valence-electron chi connectivity index (χ0n) is 8.06. The summed E-state index contributed by atoms with van der Waals surface area (Å²) < 4.78 is 10.5. The Kier molecular flexibility index (Phi) is 2.76. The average Bonchev–Trinajstić information content (AvgIpc) is 2.68. The lowest BCUT2D eigenvalue weighted by Crippen LogP contribution is -2.33. The van der Waals surface area contributed by atoms with Crippen LogP contribution in [0.5, 0.6) is 0 Å². The van der Waals surface area contributed by atoms with Gasteiger partial charge in [-0.3, -0.25) is 0 Å². The van der Waals surface area contributed by atoms with Crippen LogP contribution in [0.2, 0.25) is 0 Å². The molecule has 2 rings (SSSR count). The minimum atomic E-state index is -0.205. The van der Waals surface area contributed by atoms with Crippen molar-refractivity contribution in [2.75, 3.05) is 19.7 Å². The molecule has 2 heterocycles. The van der Waals surface area contributed by atoms with Crippen molar-refractivity contribution in [3.8, 4) is 0 Å². The molecular formula is C8H14N4O2. The van der Waals surface area contributed by atoms with Gasteiger partial charge in [0, 0.05) is 13.1 Å². The third-order valence-electron chi connectivity index (χ3n) is 2.07. The monoisotopic (exact) mass is 198 g/mol. The quantitative estimate of drug-likeness (QED) is 0.681. The third kappa shape index (κ3) is 1.92. The van der Waals surface area contributed by atoms with Crippen molar-refractivity contribution in [2.24, 2.45) is 5.73 Å². The molecule has 0 aliphatic carbocycles. The number of hydrogen-bond donors (Lipinski definition) is 2. The average molecular weight is 198 g/mol. The molecule has 0 amide bonds. The number of nitrogens with one attached hydrogen (secondary N) is 1. The Morgan fingerprint density at radius 3 is 3.07 bits per heavy atom. The first kappa shape index (κ1) is 9.57. The lowest BCUT2D eigenvalue weighted by Gasteiger charge is -2.19. The van der Waals surface area contributed by atoms with E-state index in [9.17, 15) is 0 Å². The Morgan fingerprint density at radius 2 is 2.50 bits per heavy atom. The van der Waals surface area contributed by atoms with Crippen LogP contribution in [0, 0.1) is 0 Å². The van der Waals surface area contributed by atoms with Crippen molar-refractivity contribution in [1.29, 1.82) is 0 Å². The highest BCUT2D eigenvalue weighted by atomic mass is 16.5. The van der Waals surface area contributed by atoms with Crippen LogP contribution in [0.3, 0.4) is 0 Å². The highest BCUT2D eigenvalue weighted by Gasteiger charge is 2.22. The first-order chi connectivity index (χ1) is 6.77. The van der Waals surface area contributed by atoms with Crippen LogP contribution in [0.25, 0.3) is 0 Å². The molecule has 78 valence electrons. The van der Waals surface area contributed by atoms with E-state index in [4.69, 9.17) is 15.0 Å². The van der Waals surface area contributed by atoms with Crippen LogP contribution >= 0.6 is 0 Å². The predicted octanol–water partition coefficient (Wildman–Crippen LogP) is -0.250. The van der Waals surface area contributed by atoms with Gasteiger partial charge >= 0.3 is 0 Å². The highest BCUT2D eigenvalue weighted by Crippen LogP contribution is 2.17. The van der Waals surface area contributed by atoms with Crippen LogP contribution in [-0.2, 0) is 4.74 Å². The topological polar surface area (TPSA) is 86.2 Å². The molecule has 0 saturated carbocycles. The number of morpholine rings is 1. The van der Waals surface area contributed by atoms with Crippen molar-refractivity contribution in [2.45, 2.75) is 19.1 Å². The van der Waals surface area contributed by atoms with Gasteiger partial charge in [0.15, 0.2) is 5.82 Å². The summed E-state index contributed by atoms with van der Waals surface area (Å²) in [4.78, 5) is 4.17. The predicted molar refractivity (Wildman–Crippen MR) is 48.5 cm³/mol. The molecular weight excluding hydrogens is 184 g/mol. The van der Waals surface area contributed by atoms with E-state index in [1.54, 1.807) is 0 Å². The maximum atomic E-state index is 5.62. The van der Waals surface area contributed by atoms with E-state index in [0.29, 0.717) is 24.9 Å². The Bertz CT molecular complexity index is 293. The van der Waals surface area contributed by atoms with Crippen LogP contribution < -0.4 is 11.1 Å². The van der Waals surface area contributed by atoms with Gasteiger partial charge in [-0.25, -0.2) is 0 Å². The van der Waals surface area contributed by atoms with Crippen molar-refractivity contribution >= 4 is 0 Å². The fourth-order valence-corrected chi connectivity index (χ4v) is 1.29. The molecule has 2 unspecified atom stereocenters. The number of rotatable bonds is 2. The molecule has 6 nitrogen and oxygen atoms in total. The van der Waals surface area contributed by atoms with Crippen LogP contribution in [0.1, 0.15) is 30.8 Å². The first-order valence-corrected chi connectivity index (χ1v) is 4.69. The summed E-state index contributed by atoms with van der Waals surface area (Å²) in [6, 6.07) is -0.205. The lowest BCUT2D eigenvalue weighted by molar-refractivity contribution is 0.00755. The Balaban J connectivity index is 2.07. The molecule has 2 atom stereocenters. The molecule has 1 aliphatic heterocycles. The smallest absolute Gasteiger partial charge is 0.257 e. The number of nitrogens with two attached hydrogens (primary N) is 1. The molecule has 0 radical (unpaired) electrons. The van der Waals surface area contributed by atoms with Gasteiger partial charge in [-0.1, -0.05) is 5.16 Å². The number of aromatic nitrogens is 2. The second kappa shape index (κ2) is 4.04. The van der Waals surface area contributed by atoms with Gasteiger partial charge in [0.25, 0.3) is 5.89 Å². The number of nitrogens with zero attached hydrogens (tertiary/aromatic N) is 2. The lowest BCUT2D eigenvalue weighted by atomic mass is 10.3. The first-order valence-electron chi connectivity index (χ1n) is 4.69. The van der Waals surface area contributed by atoms with E-state index in [1.807, 2.05) is 6.92 Å². The molecule has 1 aromatic rings. The summed E-state index contributed by atoms with van der Waals surface area (Å²) in [6.07, 6.45) is -0.135. The van der Waals surface area contributed by atoms with Gasteiger partial charge < -0.3 is 20.3 Å². The normalized spacial score (nSPS) is 24.9. The van der Waals surface area contributed by atoms with Crippen LogP contribution in [-0.4, -0.2) is 29.8 Å². The molecule has 3 N–H and O–H groups in total. The number of hydrogen-bond acceptors (Lipinski definition) is 6. The molecule has 1 aromatic heterocycles. The zero-order valence-corrected chi connectivity index (χ0v) is 8.06. The van der Waals surface area contributed by atoms with Crippen LogP contribution in [0.15, 0.2) is 4.52 Å². The van der Waals surface area contributed by atoms with Gasteiger partial charge in [-0.05, 0) is 6.92 Å². The summed E-state index contributed by atoms with van der Waals surface area (Å²) in [5.74, 6) is 1.03. The molecule has 0 bridgehead atoms. The minimum Gasteiger partial charge on any atom is -0.366 e. The van der Waals surface area contributed by atoms with E-state index >= 15 is 0 Å². The summed E-state index contributed by atoms with van der Waals surface area (Å²) in [7, 11) is 0. The largest absolute Gasteiger partial charge is 0.366 e. The maximum absolute atomic E-state index is 5.62. The van der Waals surface area contributed by atoms with E-state index in [-0.39, 0.29) is 12.1 Å². The van der Waals surface area contributed by atoms with Crippen molar-refractivity contribution in [3.63, 3.8) is 0 Å².